The second kappa shape index (κ2) is 5.06. The molecule has 0 aliphatic carbocycles. The van der Waals surface area contributed by atoms with E-state index in [1.54, 1.807) is 4.90 Å². The third kappa shape index (κ3) is 3.01. The second-order valence-corrected chi connectivity index (χ2v) is 6.60. The molecule has 0 saturated carbocycles. The molecule has 1 amide bonds. The van der Waals surface area contributed by atoms with E-state index in [4.69, 9.17) is 4.74 Å². The molecule has 1 atom stereocenters. The molecule has 5 nitrogen and oxygen atoms in total. The van der Waals surface area contributed by atoms with Gasteiger partial charge < -0.3 is 14.6 Å². The maximum absolute atomic E-state index is 12.1. The summed E-state index contributed by atoms with van der Waals surface area (Å²) >= 11 is 0. The van der Waals surface area contributed by atoms with Crippen molar-refractivity contribution in [2.24, 2.45) is 0 Å². The molecular formula is C16H21N3O2. The molecule has 1 aliphatic heterocycles. The normalized spacial score (nSPS) is 19.2. The number of hydrogen-bond donors (Lipinski definition) is 1. The fourth-order valence-corrected chi connectivity index (χ4v) is 2.70. The van der Waals surface area contributed by atoms with E-state index < -0.39 is 5.60 Å². The van der Waals surface area contributed by atoms with E-state index in [-0.39, 0.29) is 6.09 Å². The lowest BCUT2D eigenvalue weighted by Gasteiger charge is -2.24. The third-order valence-corrected chi connectivity index (χ3v) is 3.73. The van der Waals surface area contributed by atoms with E-state index in [9.17, 15) is 4.79 Å². The molecule has 1 aliphatic rings. The molecule has 3 heterocycles. The zero-order valence-corrected chi connectivity index (χ0v) is 12.7. The molecule has 1 fully saturated rings. The van der Waals surface area contributed by atoms with Crippen LogP contribution >= 0.6 is 0 Å². The van der Waals surface area contributed by atoms with E-state index in [1.807, 2.05) is 39.2 Å². The molecule has 1 saturated heterocycles. The summed E-state index contributed by atoms with van der Waals surface area (Å²) in [5.74, 6) is 0.337. The van der Waals surface area contributed by atoms with Crippen molar-refractivity contribution in [3.05, 3.63) is 30.1 Å². The number of carbonyl (C=O) groups excluding carboxylic acids is 1. The van der Waals surface area contributed by atoms with Crippen molar-refractivity contribution in [3.8, 4) is 0 Å². The van der Waals surface area contributed by atoms with Crippen molar-refractivity contribution in [2.75, 3.05) is 13.1 Å². The molecule has 0 radical (unpaired) electrons. The minimum Gasteiger partial charge on any atom is -0.444 e. The number of amides is 1. The number of rotatable bonds is 1. The summed E-state index contributed by atoms with van der Waals surface area (Å²) < 4.78 is 5.43. The van der Waals surface area contributed by atoms with Gasteiger partial charge in [0.2, 0.25) is 0 Å². The Balaban J connectivity index is 1.70. The van der Waals surface area contributed by atoms with Crippen LogP contribution in [-0.4, -0.2) is 39.7 Å². The Morgan fingerprint density at radius 3 is 3.05 bits per heavy atom. The molecule has 1 N–H and O–H groups in total. The highest BCUT2D eigenvalue weighted by molar-refractivity contribution is 5.76. The maximum Gasteiger partial charge on any atom is 0.410 e. The number of fused-ring (bicyclic) bond motifs is 1. The van der Waals surface area contributed by atoms with Crippen LogP contribution in [0.3, 0.4) is 0 Å². The van der Waals surface area contributed by atoms with Gasteiger partial charge >= 0.3 is 6.09 Å². The summed E-state index contributed by atoms with van der Waals surface area (Å²) in [6.45, 7) is 7.11. The molecule has 0 spiro atoms. The topological polar surface area (TPSA) is 58.2 Å². The Kier molecular flexibility index (Phi) is 3.35. The monoisotopic (exact) mass is 287 g/mol. The van der Waals surface area contributed by atoms with E-state index in [0.29, 0.717) is 12.5 Å². The maximum atomic E-state index is 12.1. The van der Waals surface area contributed by atoms with Crippen LogP contribution in [-0.2, 0) is 4.74 Å². The number of nitrogens with zero attached hydrogens (tertiary/aromatic N) is 2. The predicted molar refractivity (Wildman–Crippen MR) is 81.3 cm³/mol. The van der Waals surface area contributed by atoms with Crippen LogP contribution in [0.2, 0.25) is 0 Å². The van der Waals surface area contributed by atoms with E-state index in [1.165, 1.54) is 5.56 Å². The molecule has 0 aromatic carbocycles. The minimum atomic E-state index is -0.444. The first kappa shape index (κ1) is 13.9. The zero-order chi connectivity index (χ0) is 15.0. The van der Waals surface area contributed by atoms with Gasteiger partial charge in [0.05, 0.1) is 0 Å². The summed E-state index contributed by atoms with van der Waals surface area (Å²) in [6.07, 6.45) is 4.53. The number of H-pyrrole nitrogens is 1. The van der Waals surface area contributed by atoms with Crippen molar-refractivity contribution in [1.82, 2.24) is 14.9 Å². The van der Waals surface area contributed by atoms with Gasteiger partial charge in [-0.15, -0.1) is 0 Å². The van der Waals surface area contributed by atoms with E-state index >= 15 is 0 Å². The lowest BCUT2D eigenvalue weighted by molar-refractivity contribution is 0.0292. The number of pyridine rings is 1. The molecule has 3 rings (SSSR count). The summed E-state index contributed by atoms with van der Waals surface area (Å²) in [4.78, 5) is 21.4. The van der Waals surface area contributed by atoms with Gasteiger partial charge in [0.15, 0.2) is 0 Å². The van der Waals surface area contributed by atoms with Crippen LogP contribution in [0.15, 0.2) is 24.5 Å². The molecular weight excluding hydrogens is 266 g/mol. The van der Waals surface area contributed by atoms with Gasteiger partial charge in [-0.05, 0) is 44.9 Å². The number of aromatic nitrogens is 2. The van der Waals surface area contributed by atoms with Gasteiger partial charge in [0.25, 0.3) is 0 Å². The van der Waals surface area contributed by atoms with Gasteiger partial charge in [-0.25, -0.2) is 9.78 Å². The molecule has 112 valence electrons. The Morgan fingerprint density at radius 1 is 1.48 bits per heavy atom. The van der Waals surface area contributed by atoms with Gasteiger partial charge in [-0.1, -0.05) is 0 Å². The Hall–Kier alpha value is -2.04. The minimum absolute atomic E-state index is 0.222. The fraction of sp³-hybridized carbons (Fsp3) is 0.500. The van der Waals surface area contributed by atoms with Gasteiger partial charge in [0, 0.05) is 36.8 Å². The number of likely N-dealkylation sites (tertiary alicyclic amines) is 1. The number of aromatic amines is 1. The van der Waals surface area contributed by atoms with Crippen molar-refractivity contribution >= 4 is 17.1 Å². The quantitative estimate of drug-likeness (QED) is 0.875. The Bertz CT molecular complexity index is 657. The molecule has 2 aromatic heterocycles. The standard InChI is InChI=1S/C16H21N3O2/c1-16(2,3)21-15(20)19-7-5-12(10-19)13-8-11-4-6-17-14(11)18-9-13/h4,6,8-9,12H,5,7,10H2,1-3H3,(H,17,18). The lowest BCUT2D eigenvalue weighted by Crippen LogP contribution is -2.35. The number of ether oxygens (including phenoxy) is 1. The Labute approximate surface area is 124 Å². The number of carbonyl (C=O) groups is 1. The number of hydrogen-bond acceptors (Lipinski definition) is 3. The van der Waals surface area contributed by atoms with E-state index in [0.717, 1.165) is 24.0 Å². The molecule has 2 aromatic rings. The van der Waals surface area contributed by atoms with Crippen LogP contribution in [0.25, 0.3) is 11.0 Å². The first-order valence-electron chi connectivity index (χ1n) is 7.33. The zero-order valence-electron chi connectivity index (χ0n) is 12.7. The fourth-order valence-electron chi connectivity index (χ4n) is 2.70. The van der Waals surface area contributed by atoms with Gasteiger partial charge in [-0.2, -0.15) is 0 Å². The lowest BCUT2D eigenvalue weighted by atomic mass is 10.00. The highest BCUT2D eigenvalue weighted by Crippen LogP contribution is 2.29. The van der Waals surface area contributed by atoms with Crippen LogP contribution in [0, 0.1) is 0 Å². The third-order valence-electron chi connectivity index (χ3n) is 3.73. The summed E-state index contributed by atoms with van der Waals surface area (Å²) in [5, 5.41) is 1.11. The van der Waals surface area contributed by atoms with Crippen molar-refractivity contribution in [3.63, 3.8) is 0 Å². The molecule has 21 heavy (non-hydrogen) atoms. The highest BCUT2D eigenvalue weighted by atomic mass is 16.6. The largest absolute Gasteiger partial charge is 0.444 e. The highest BCUT2D eigenvalue weighted by Gasteiger charge is 2.30. The van der Waals surface area contributed by atoms with Crippen LogP contribution in [0.4, 0.5) is 4.79 Å². The van der Waals surface area contributed by atoms with Gasteiger partial charge in [-0.3, -0.25) is 0 Å². The summed E-state index contributed by atoms with van der Waals surface area (Å²) in [6, 6.07) is 4.18. The van der Waals surface area contributed by atoms with E-state index in [2.05, 4.69) is 16.0 Å². The summed E-state index contributed by atoms with van der Waals surface area (Å²) in [5.41, 5.74) is 1.65. The van der Waals surface area contributed by atoms with Crippen LogP contribution in [0.5, 0.6) is 0 Å². The smallest absolute Gasteiger partial charge is 0.410 e. The molecule has 0 bridgehead atoms. The number of nitrogens with one attached hydrogen (secondary N) is 1. The first-order chi connectivity index (χ1) is 9.92. The molecule has 1 unspecified atom stereocenters. The first-order valence-corrected chi connectivity index (χ1v) is 7.33. The van der Waals surface area contributed by atoms with Crippen LogP contribution in [0.1, 0.15) is 38.7 Å². The average molecular weight is 287 g/mol. The SMILES string of the molecule is CC(C)(C)OC(=O)N1CCC(c2cnc3[nH]ccc3c2)C1. The average Bonchev–Trinajstić information content (AvgIpc) is 3.05. The second-order valence-electron chi connectivity index (χ2n) is 6.60. The van der Waals surface area contributed by atoms with Crippen molar-refractivity contribution in [1.29, 1.82) is 0 Å². The van der Waals surface area contributed by atoms with Gasteiger partial charge in [0.1, 0.15) is 11.2 Å². The van der Waals surface area contributed by atoms with Crippen molar-refractivity contribution in [2.45, 2.75) is 38.7 Å². The predicted octanol–water partition coefficient (Wildman–Crippen LogP) is 3.29. The Morgan fingerprint density at radius 2 is 2.29 bits per heavy atom. The van der Waals surface area contributed by atoms with Crippen LogP contribution < -0.4 is 0 Å². The molecule has 5 heteroatoms. The van der Waals surface area contributed by atoms with Crippen molar-refractivity contribution < 1.29 is 9.53 Å². The summed E-state index contributed by atoms with van der Waals surface area (Å²) in [7, 11) is 0.